The zero-order valence-corrected chi connectivity index (χ0v) is 18.8. The lowest BCUT2D eigenvalue weighted by Crippen LogP contribution is -2.46. The molecule has 3 aromatic rings. The zero-order chi connectivity index (χ0) is 22.1. The summed E-state index contributed by atoms with van der Waals surface area (Å²) < 4.78 is 7.58. The predicted octanol–water partition coefficient (Wildman–Crippen LogP) is 4.23. The Bertz CT molecular complexity index is 1090. The SMILES string of the molecule is COc1ccc(C2(C(=O)N3CCCC(Cn4c(C)cnc4-c4ccncc4)C3)CC2)cc1. The number of amides is 1. The van der Waals surface area contributed by atoms with Crippen LogP contribution in [0.5, 0.6) is 5.75 Å². The summed E-state index contributed by atoms with van der Waals surface area (Å²) in [6.07, 6.45) is 9.60. The molecule has 0 spiro atoms. The Labute approximate surface area is 189 Å². The van der Waals surface area contributed by atoms with Gasteiger partial charge < -0.3 is 14.2 Å². The molecule has 0 radical (unpaired) electrons. The average Bonchev–Trinajstić information content (AvgIpc) is 3.58. The van der Waals surface area contributed by atoms with E-state index in [9.17, 15) is 4.79 Å². The molecule has 2 fully saturated rings. The second-order valence-electron chi connectivity index (χ2n) is 9.14. The minimum atomic E-state index is -0.332. The number of pyridine rings is 1. The van der Waals surface area contributed by atoms with Gasteiger partial charge in [-0.05, 0) is 68.4 Å². The number of carbonyl (C=O) groups is 1. The van der Waals surface area contributed by atoms with Crippen LogP contribution in [0.25, 0.3) is 11.4 Å². The van der Waals surface area contributed by atoms with Gasteiger partial charge in [-0.1, -0.05) is 12.1 Å². The summed E-state index contributed by atoms with van der Waals surface area (Å²) in [6, 6.07) is 12.0. The van der Waals surface area contributed by atoms with Gasteiger partial charge in [0, 0.05) is 49.5 Å². The van der Waals surface area contributed by atoms with Crippen LogP contribution in [0.4, 0.5) is 0 Å². The third kappa shape index (κ3) is 3.78. The van der Waals surface area contributed by atoms with Gasteiger partial charge in [0.2, 0.25) is 5.91 Å². The average molecular weight is 431 g/mol. The highest BCUT2D eigenvalue weighted by molar-refractivity contribution is 5.91. The first-order valence-electron chi connectivity index (χ1n) is 11.5. The number of hydrogen-bond acceptors (Lipinski definition) is 4. The molecule has 1 unspecified atom stereocenters. The van der Waals surface area contributed by atoms with E-state index in [2.05, 4.69) is 38.5 Å². The van der Waals surface area contributed by atoms with E-state index in [0.717, 1.165) is 73.7 Å². The summed E-state index contributed by atoms with van der Waals surface area (Å²) in [5, 5.41) is 0. The van der Waals surface area contributed by atoms with Crippen molar-refractivity contribution < 1.29 is 9.53 Å². The van der Waals surface area contributed by atoms with Gasteiger partial charge in [-0.15, -0.1) is 0 Å². The van der Waals surface area contributed by atoms with E-state index in [0.29, 0.717) is 11.8 Å². The Balaban J connectivity index is 1.31. The molecule has 1 aromatic carbocycles. The van der Waals surface area contributed by atoms with Crippen LogP contribution in [-0.4, -0.2) is 45.5 Å². The molecule has 1 aliphatic heterocycles. The molecule has 3 heterocycles. The maximum Gasteiger partial charge on any atom is 0.233 e. The summed E-state index contributed by atoms with van der Waals surface area (Å²) in [5.74, 6) is 2.53. The Hall–Kier alpha value is -3.15. The lowest BCUT2D eigenvalue weighted by molar-refractivity contribution is -0.135. The first-order valence-corrected chi connectivity index (χ1v) is 11.5. The Morgan fingerprint density at radius 2 is 1.91 bits per heavy atom. The smallest absolute Gasteiger partial charge is 0.233 e. The molecule has 1 aliphatic carbocycles. The van der Waals surface area contributed by atoms with Crippen molar-refractivity contribution in [3.8, 4) is 17.1 Å². The van der Waals surface area contributed by atoms with Gasteiger partial charge in [0.15, 0.2) is 0 Å². The van der Waals surface area contributed by atoms with E-state index in [1.54, 1.807) is 19.5 Å². The molecule has 1 saturated heterocycles. The maximum atomic E-state index is 13.6. The molecule has 2 aliphatic rings. The lowest BCUT2D eigenvalue weighted by Gasteiger charge is -2.36. The fourth-order valence-corrected chi connectivity index (χ4v) is 5.04. The van der Waals surface area contributed by atoms with Gasteiger partial charge >= 0.3 is 0 Å². The Morgan fingerprint density at radius 1 is 1.16 bits per heavy atom. The summed E-state index contributed by atoms with van der Waals surface area (Å²) in [5.41, 5.74) is 3.02. The van der Waals surface area contributed by atoms with Crippen molar-refractivity contribution in [2.24, 2.45) is 5.92 Å². The number of imidazole rings is 1. The van der Waals surface area contributed by atoms with E-state index >= 15 is 0 Å². The summed E-state index contributed by atoms with van der Waals surface area (Å²) in [7, 11) is 1.67. The number of hydrogen-bond donors (Lipinski definition) is 0. The molecule has 1 saturated carbocycles. The summed E-state index contributed by atoms with van der Waals surface area (Å²) in [6.45, 7) is 4.65. The number of methoxy groups -OCH3 is 1. The van der Waals surface area contributed by atoms with Crippen molar-refractivity contribution in [3.63, 3.8) is 0 Å². The van der Waals surface area contributed by atoms with E-state index in [4.69, 9.17) is 4.74 Å². The fraction of sp³-hybridized carbons (Fsp3) is 0.423. The Kier molecular flexibility index (Phi) is 5.45. The highest BCUT2D eigenvalue weighted by Gasteiger charge is 2.53. The molecule has 1 amide bonds. The minimum absolute atomic E-state index is 0.295. The van der Waals surface area contributed by atoms with E-state index < -0.39 is 0 Å². The van der Waals surface area contributed by atoms with E-state index in [-0.39, 0.29) is 5.41 Å². The lowest BCUT2D eigenvalue weighted by atomic mass is 9.91. The molecule has 32 heavy (non-hydrogen) atoms. The number of aromatic nitrogens is 3. The fourth-order valence-electron chi connectivity index (χ4n) is 5.04. The van der Waals surface area contributed by atoms with Gasteiger partial charge in [0.25, 0.3) is 0 Å². The first kappa shape index (κ1) is 20.7. The third-order valence-electron chi connectivity index (χ3n) is 7.04. The van der Waals surface area contributed by atoms with Gasteiger partial charge in [0.05, 0.1) is 12.5 Å². The number of ether oxygens (including phenoxy) is 1. The number of rotatable bonds is 6. The van der Waals surface area contributed by atoms with Gasteiger partial charge in [-0.25, -0.2) is 4.98 Å². The molecule has 0 N–H and O–H groups in total. The van der Waals surface area contributed by atoms with Crippen LogP contribution in [0.2, 0.25) is 0 Å². The van der Waals surface area contributed by atoms with Crippen LogP contribution in [0.15, 0.2) is 55.0 Å². The van der Waals surface area contributed by atoms with E-state index in [1.165, 1.54) is 0 Å². The molecule has 6 nitrogen and oxygen atoms in total. The van der Waals surface area contributed by atoms with Crippen molar-refractivity contribution in [1.82, 2.24) is 19.4 Å². The quantitative estimate of drug-likeness (QED) is 0.587. The van der Waals surface area contributed by atoms with Crippen molar-refractivity contribution in [3.05, 3.63) is 66.2 Å². The number of carbonyl (C=O) groups excluding carboxylic acids is 1. The molecule has 0 bridgehead atoms. The Morgan fingerprint density at radius 3 is 2.59 bits per heavy atom. The predicted molar refractivity (Wildman–Crippen MR) is 123 cm³/mol. The second-order valence-corrected chi connectivity index (χ2v) is 9.14. The monoisotopic (exact) mass is 430 g/mol. The topological polar surface area (TPSA) is 60.2 Å². The van der Waals surface area contributed by atoms with E-state index in [1.807, 2.05) is 30.5 Å². The number of aryl methyl sites for hydroxylation is 1. The van der Waals surface area contributed by atoms with Crippen LogP contribution in [0.3, 0.4) is 0 Å². The molecule has 2 aromatic heterocycles. The largest absolute Gasteiger partial charge is 0.497 e. The molecule has 1 atom stereocenters. The standard InChI is InChI=1S/C26H30N4O2/c1-19-16-28-24(21-9-13-27-14-10-21)30(19)18-20-4-3-15-29(17-20)25(31)26(11-12-26)22-5-7-23(32-2)8-6-22/h5-10,13-14,16,20H,3-4,11-12,15,17-18H2,1-2H3. The first-order chi connectivity index (χ1) is 15.6. The molecule has 6 heteroatoms. The zero-order valence-electron chi connectivity index (χ0n) is 18.8. The van der Waals surface area contributed by atoms with Crippen molar-refractivity contribution >= 4 is 5.91 Å². The molecule has 166 valence electrons. The van der Waals surface area contributed by atoms with Gasteiger partial charge in [-0.3, -0.25) is 9.78 Å². The number of piperidine rings is 1. The van der Waals surface area contributed by atoms with Crippen molar-refractivity contribution in [2.75, 3.05) is 20.2 Å². The second kappa shape index (κ2) is 8.41. The summed E-state index contributed by atoms with van der Waals surface area (Å²) >= 11 is 0. The van der Waals surface area contributed by atoms with Crippen LogP contribution in [0, 0.1) is 12.8 Å². The number of nitrogens with zero attached hydrogens (tertiary/aromatic N) is 4. The van der Waals surface area contributed by atoms with Gasteiger partial charge in [-0.2, -0.15) is 0 Å². The number of likely N-dealkylation sites (tertiary alicyclic amines) is 1. The highest BCUT2D eigenvalue weighted by atomic mass is 16.5. The highest BCUT2D eigenvalue weighted by Crippen LogP contribution is 2.50. The van der Waals surface area contributed by atoms with Crippen molar-refractivity contribution in [1.29, 1.82) is 0 Å². The maximum absolute atomic E-state index is 13.6. The van der Waals surface area contributed by atoms with Crippen LogP contribution < -0.4 is 4.74 Å². The van der Waals surface area contributed by atoms with Crippen molar-refractivity contribution in [2.45, 2.75) is 44.6 Å². The third-order valence-corrected chi connectivity index (χ3v) is 7.04. The molecular formula is C26H30N4O2. The van der Waals surface area contributed by atoms with Gasteiger partial charge in [0.1, 0.15) is 11.6 Å². The normalized spacial score (nSPS) is 19.6. The molecule has 5 rings (SSSR count). The van der Waals surface area contributed by atoms with Crippen LogP contribution >= 0.6 is 0 Å². The minimum Gasteiger partial charge on any atom is -0.497 e. The summed E-state index contributed by atoms with van der Waals surface area (Å²) in [4.78, 5) is 24.5. The van der Waals surface area contributed by atoms with Crippen LogP contribution in [-0.2, 0) is 16.8 Å². The van der Waals surface area contributed by atoms with Crippen LogP contribution in [0.1, 0.15) is 36.9 Å². The number of benzene rings is 1. The molecular weight excluding hydrogens is 400 g/mol.